The van der Waals surface area contributed by atoms with Crippen LogP contribution in [-0.2, 0) is 6.54 Å². The molecule has 3 aromatic carbocycles. The lowest BCUT2D eigenvalue weighted by Crippen LogP contribution is -2.56. The minimum Gasteiger partial charge on any atom is -0.346 e. The summed E-state index contributed by atoms with van der Waals surface area (Å²) in [5.74, 6) is 0.535. The number of nitrogens with zero attached hydrogens (tertiary/aromatic N) is 5. The summed E-state index contributed by atoms with van der Waals surface area (Å²) in [7, 11) is 0. The van der Waals surface area contributed by atoms with Crippen LogP contribution < -0.4 is 4.90 Å². The Morgan fingerprint density at radius 1 is 0.860 bits per heavy atom. The Kier molecular flexibility index (Phi) is 7.70. The Morgan fingerprint density at radius 3 is 2.40 bits per heavy atom. The molecule has 2 aliphatic heterocycles. The van der Waals surface area contributed by atoms with E-state index in [4.69, 9.17) is 0 Å². The molecule has 2 fully saturated rings. The first kappa shape index (κ1) is 27.8. The summed E-state index contributed by atoms with van der Waals surface area (Å²) in [6.45, 7) is 4.26. The summed E-state index contributed by atoms with van der Waals surface area (Å²) in [5.41, 5.74) is 2.70. The van der Waals surface area contributed by atoms with Gasteiger partial charge in [0, 0.05) is 55.7 Å². The number of aromatic nitrogens is 2. The van der Waals surface area contributed by atoms with Gasteiger partial charge >= 0.3 is 0 Å². The third-order valence-corrected chi connectivity index (χ3v) is 9.20. The molecular formula is C35H37F2N5O. The summed E-state index contributed by atoms with van der Waals surface area (Å²) in [4.78, 5) is 25.2. The third-order valence-electron chi connectivity index (χ3n) is 9.20. The number of carbonyl (C=O) groups excluding carboxylic acids is 1. The van der Waals surface area contributed by atoms with Crippen LogP contribution in [0.1, 0.15) is 54.2 Å². The summed E-state index contributed by atoms with van der Waals surface area (Å²) in [5, 5.41) is 0. The number of hydrogen-bond acceptors (Lipinski definition) is 4. The highest BCUT2D eigenvalue weighted by molar-refractivity contribution is 6.02. The number of fused-ring (bicyclic) bond motifs is 1. The van der Waals surface area contributed by atoms with Crippen LogP contribution in [0.15, 0.2) is 85.2 Å². The van der Waals surface area contributed by atoms with Crippen LogP contribution in [0.25, 0.3) is 11.4 Å². The molecule has 1 atom stereocenters. The van der Waals surface area contributed by atoms with Crippen LogP contribution in [-0.4, -0.2) is 57.5 Å². The van der Waals surface area contributed by atoms with E-state index in [0.717, 1.165) is 76.2 Å². The van der Waals surface area contributed by atoms with Crippen molar-refractivity contribution in [3.63, 3.8) is 0 Å². The number of piperidine rings is 1. The first-order chi connectivity index (χ1) is 21.1. The molecule has 8 heteroatoms. The Morgan fingerprint density at radius 2 is 1.63 bits per heavy atom. The van der Waals surface area contributed by atoms with Crippen molar-refractivity contribution in [3.8, 4) is 11.4 Å². The Balaban J connectivity index is 1.08. The van der Waals surface area contributed by atoms with Crippen molar-refractivity contribution in [2.45, 2.75) is 50.9 Å². The fraction of sp³-hybridized carbons (Fsp3) is 0.371. The molecule has 3 aliphatic rings. The maximum atomic E-state index is 15.4. The summed E-state index contributed by atoms with van der Waals surface area (Å²) >= 11 is 0. The molecule has 6 nitrogen and oxygen atoms in total. The molecule has 7 rings (SSSR count). The quantitative estimate of drug-likeness (QED) is 0.219. The molecule has 0 N–H and O–H groups in total. The molecule has 0 bridgehead atoms. The van der Waals surface area contributed by atoms with Crippen LogP contribution in [0.3, 0.4) is 0 Å². The molecule has 1 unspecified atom stereocenters. The monoisotopic (exact) mass is 581 g/mol. The average Bonchev–Trinajstić information content (AvgIpc) is 3.73. The number of benzene rings is 3. The minimum atomic E-state index is -0.554. The second-order valence-corrected chi connectivity index (χ2v) is 12.1. The van der Waals surface area contributed by atoms with E-state index in [1.165, 1.54) is 18.2 Å². The lowest BCUT2D eigenvalue weighted by molar-refractivity contribution is 0.0388. The highest BCUT2D eigenvalue weighted by Gasteiger charge is 2.45. The maximum absolute atomic E-state index is 15.4. The van der Waals surface area contributed by atoms with Gasteiger partial charge in [-0.15, -0.1) is 0 Å². The molecule has 1 saturated carbocycles. The van der Waals surface area contributed by atoms with E-state index >= 15 is 4.39 Å². The number of imidazole rings is 1. The predicted octanol–water partition coefficient (Wildman–Crippen LogP) is 6.75. The molecular weight excluding hydrogens is 544 g/mol. The SMILES string of the molecule is O=C1c2cc(F)ccc2N(CC2CC2)C(c2ccccc2F)N1C1CCN(CCCn2ccnc2-c2ccccc2)CC1. The highest BCUT2D eigenvalue weighted by Crippen LogP contribution is 2.45. The van der Waals surface area contributed by atoms with Crippen LogP contribution in [0.2, 0.25) is 0 Å². The van der Waals surface area contributed by atoms with Crippen molar-refractivity contribution < 1.29 is 13.6 Å². The summed E-state index contributed by atoms with van der Waals surface area (Å²) < 4.78 is 32.1. The standard InChI is InChI=1S/C35H37F2N5O/c36-27-13-14-32-30(23-27)35(43)42(34(41(32)24-25-11-12-25)29-9-4-5-10-31(29)37)28-15-20-39(21-16-28)18-6-19-40-22-17-38-33(40)26-7-2-1-3-8-26/h1-5,7-10,13-14,17,22-23,25,28,34H,6,11-12,15-16,18-21,24H2. The van der Waals surface area contributed by atoms with Crippen LogP contribution in [0.4, 0.5) is 14.5 Å². The number of halogens is 2. The molecule has 1 aliphatic carbocycles. The van der Waals surface area contributed by atoms with E-state index < -0.39 is 12.0 Å². The van der Waals surface area contributed by atoms with Crippen LogP contribution in [0, 0.1) is 17.6 Å². The topological polar surface area (TPSA) is 44.6 Å². The molecule has 4 aromatic rings. The maximum Gasteiger partial charge on any atom is 0.258 e. The number of carbonyl (C=O) groups is 1. The van der Waals surface area contributed by atoms with Gasteiger partial charge in [-0.05, 0) is 68.8 Å². The van der Waals surface area contributed by atoms with Gasteiger partial charge in [0.1, 0.15) is 23.6 Å². The van der Waals surface area contributed by atoms with Gasteiger partial charge in [-0.1, -0.05) is 48.5 Å². The number of rotatable bonds is 9. The highest BCUT2D eigenvalue weighted by atomic mass is 19.1. The normalized spacial score (nSPS) is 19.6. The zero-order chi connectivity index (χ0) is 29.3. The molecule has 43 heavy (non-hydrogen) atoms. The molecule has 1 saturated heterocycles. The third kappa shape index (κ3) is 5.68. The molecule has 1 aromatic heterocycles. The minimum absolute atomic E-state index is 0.0650. The molecule has 1 amide bonds. The molecule has 3 heterocycles. The Hall–Kier alpha value is -4.04. The van der Waals surface area contributed by atoms with Gasteiger partial charge in [0.05, 0.1) is 11.3 Å². The van der Waals surface area contributed by atoms with Gasteiger partial charge in [-0.3, -0.25) is 4.79 Å². The zero-order valence-electron chi connectivity index (χ0n) is 24.3. The van der Waals surface area contributed by atoms with Gasteiger partial charge in [-0.2, -0.15) is 0 Å². The van der Waals surface area contributed by atoms with E-state index in [2.05, 4.69) is 31.5 Å². The molecule has 0 radical (unpaired) electrons. The number of hydrogen-bond donors (Lipinski definition) is 0. The molecule has 0 spiro atoms. The Labute approximate surface area is 251 Å². The van der Waals surface area contributed by atoms with E-state index in [-0.39, 0.29) is 17.8 Å². The largest absolute Gasteiger partial charge is 0.346 e. The fourth-order valence-electron chi connectivity index (χ4n) is 6.83. The van der Waals surface area contributed by atoms with E-state index in [1.807, 2.05) is 41.6 Å². The first-order valence-electron chi connectivity index (χ1n) is 15.5. The smallest absolute Gasteiger partial charge is 0.258 e. The van der Waals surface area contributed by atoms with E-state index in [0.29, 0.717) is 22.7 Å². The van der Waals surface area contributed by atoms with E-state index in [9.17, 15) is 9.18 Å². The van der Waals surface area contributed by atoms with Gasteiger partial charge in [0.15, 0.2) is 0 Å². The van der Waals surface area contributed by atoms with Crippen molar-refractivity contribution in [1.29, 1.82) is 0 Å². The zero-order valence-corrected chi connectivity index (χ0v) is 24.3. The van der Waals surface area contributed by atoms with Gasteiger partial charge in [0.25, 0.3) is 5.91 Å². The number of aryl methyl sites for hydroxylation is 1. The van der Waals surface area contributed by atoms with Gasteiger partial charge < -0.3 is 19.3 Å². The summed E-state index contributed by atoms with van der Waals surface area (Å²) in [6.07, 6.45) is 8.15. The summed E-state index contributed by atoms with van der Waals surface area (Å²) in [6, 6.07) is 21.4. The lowest BCUT2D eigenvalue weighted by Gasteiger charge is -2.50. The Bertz CT molecular complexity index is 1580. The van der Waals surface area contributed by atoms with Crippen molar-refractivity contribution >= 4 is 11.6 Å². The number of likely N-dealkylation sites (tertiary alicyclic amines) is 1. The van der Waals surface area contributed by atoms with Crippen molar-refractivity contribution in [3.05, 3.63) is 108 Å². The average molecular weight is 582 g/mol. The first-order valence-corrected chi connectivity index (χ1v) is 15.5. The number of anilines is 1. The van der Waals surface area contributed by atoms with Crippen LogP contribution >= 0.6 is 0 Å². The number of amides is 1. The lowest BCUT2D eigenvalue weighted by atomic mass is 9.94. The van der Waals surface area contributed by atoms with Crippen molar-refractivity contribution in [2.75, 3.05) is 31.1 Å². The fourth-order valence-corrected chi connectivity index (χ4v) is 6.83. The van der Waals surface area contributed by atoms with Gasteiger partial charge in [0.2, 0.25) is 0 Å². The van der Waals surface area contributed by atoms with Gasteiger partial charge in [-0.25, -0.2) is 13.8 Å². The predicted molar refractivity (Wildman–Crippen MR) is 164 cm³/mol. The second kappa shape index (κ2) is 11.9. The van der Waals surface area contributed by atoms with Crippen molar-refractivity contribution in [1.82, 2.24) is 19.4 Å². The van der Waals surface area contributed by atoms with Crippen LogP contribution in [0.5, 0.6) is 0 Å². The van der Waals surface area contributed by atoms with Crippen molar-refractivity contribution in [2.24, 2.45) is 5.92 Å². The van der Waals surface area contributed by atoms with E-state index in [1.54, 1.807) is 18.2 Å². The second-order valence-electron chi connectivity index (χ2n) is 12.1. The molecule has 222 valence electrons.